The number of allylic oxidation sites excluding steroid dienone is 2. The van der Waals surface area contributed by atoms with E-state index in [-0.39, 0.29) is 5.91 Å². The lowest BCUT2D eigenvalue weighted by Crippen LogP contribution is -2.33. The summed E-state index contributed by atoms with van der Waals surface area (Å²) >= 11 is 0. The van der Waals surface area contributed by atoms with Gasteiger partial charge in [-0.05, 0) is 44.4 Å². The van der Waals surface area contributed by atoms with Crippen molar-refractivity contribution in [3.63, 3.8) is 0 Å². The van der Waals surface area contributed by atoms with E-state index in [9.17, 15) is 4.79 Å². The quantitative estimate of drug-likeness (QED) is 0.688. The molecule has 1 N–H and O–H groups in total. The molecule has 1 amide bonds. The molecule has 1 aliphatic rings. The second kappa shape index (κ2) is 6.72. The van der Waals surface area contributed by atoms with Gasteiger partial charge in [0.15, 0.2) is 0 Å². The molecule has 0 saturated carbocycles. The SMILES string of the molecule is CC(C)CCC(C)NC(=O)CC1C=CCC1. The van der Waals surface area contributed by atoms with Gasteiger partial charge in [-0.25, -0.2) is 0 Å². The van der Waals surface area contributed by atoms with E-state index in [0.29, 0.717) is 18.4 Å². The van der Waals surface area contributed by atoms with E-state index in [1.165, 1.54) is 6.42 Å². The van der Waals surface area contributed by atoms with E-state index >= 15 is 0 Å². The van der Waals surface area contributed by atoms with Crippen molar-refractivity contribution in [2.45, 2.75) is 58.9 Å². The molecule has 2 atom stereocenters. The summed E-state index contributed by atoms with van der Waals surface area (Å²) in [6.45, 7) is 6.54. The molecule has 2 heteroatoms. The second-order valence-corrected chi connectivity index (χ2v) is 5.41. The van der Waals surface area contributed by atoms with Crippen LogP contribution in [0.2, 0.25) is 0 Å². The highest BCUT2D eigenvalue weighted by atomic mass is 16.1. The van der Waals surface area contributed by atoms with Gasteiger partial charge in [0, 0.05) is 12.5 Å². The fourth-order valence-electron chi connectivity index (χ4n) is 2.09. The van der Waals surface area contributed by atoms with Gasteiger partial charge in [0.2, 0.25) is 5.91 Å². The van der Waals surface area contributed by atoms with Crippen LogP contribution < -0.4 is 5.32 Å². The molecular formula is C14H25NO. The van der Waals surface area contributed by atoms with Gasteiger partial charge < -0.3 is 5.32 Å². The molecular weight excluding hydrogens is 198 g/mol. The predicted octanol–water partition coefficient (Wildman–Crippen LogP) is 3.28. The summed E-state index contributed by atoms with van der Waals surface area (Å²) < 4.78 is 0. The number of amides is 1. The molecule has 0 radical (unpaired) electrons. The molecule has 0 saturated heterocycles. The molecule has 0 aliphatic heterocycles. The van der Waals surface area contributed by atoms with Gasteiger partial charge in [-0.1, -0.05) is 26.0 Å². The summed E-state index contributed by atoms with van der Waals surface area (Å²) in [7, 11) is 0. The highest BCUT2D eigenvalue weighted by Crippen LogP contribution is 2.20. The van der Waals surface area contributed by atoms with Crippen molar-refractivity contribution in [2.24, 2.45) is 11.8 Å². The van der Waals surface area contributed by atoms with Gasteiger partial charge in [-0.2, -0.15) is 0 Å². The lowest BCUT2D eigenvalue weighted by atomic mass is 10.0. The van der Waals surface area contributed by atoms with Crippen LogP contribution in [0.15, 0.2) is 12.2 Å². The number of carbonyl (C=O) groups is 1. The number of hydrogen-bond acceptors (Lipinski definition) is 1. The van der Waals surface area contributed by atoms with Gasteiger partial charge in [-0.15, -0.1) is 0 Å². The number of rotatable bonds is 6. The first-order chi connectivity index (χ1) is 7.58. The van der Waals surface area contributed by atoms with Gasteiger partial charge >= 0.3 is 0 Å². The van der Waals surface area contributed by atoms with Crippen LogP contribution in [0.25, 0.3) is 0 Å². The van der Waals surface area contributed by atoms with Crippen molar-refractivity contribution < 1.29 is 4.79 Å². The Morgan fingerprint density at radius 1 is 1.38 bits per heavy atom. The van der Waals surface area contributed by atoms with Gasteiger partial charge in [0.05, 0.1) is 0 Å². The molecule has 0 fully saturated rings. The number of carbonyl (C=O) groups excluding carboxylic acids is 1. The molecule has 0 spiro atoms. The monoisotopic (exact) mass is 223 g/mol. The summed E-state index contributed by atoms with van der Waals surface area (Å²) in [6.07, 6.45) is 9.59. The van der Waals surface area contributed by atoms with Crippen molar-refractivity contribution in [3.8, 4) is 0 Å². The Morgan fingerprint density at radius 3 is 2.69 bits per heavy atom. The summed E-state index contributed by atoms with van der Waals surface area (Å²) in [5.41, 5.74) is 0. The van der Waals surface area contributed by atoms with E-state index in [1.54, 1.807) is 0 Å². The van der Waals surface area contributed by atoms with E-state index in [1.807, 2.05) is 0 Å². The third kappa shape index (κ3) is 5.34. The Labute approximate surface area is 99.5 Å². The Bertz CT molecular complexity index is 245. The lowest BCUT2D eigenvalue weighted by molar-refractivity contribution is -0.122. The number of hydrogen-bond donors (Lipinski definition) is 1. The highest BCUT2D eigenvalue weighted by Gasteiger charge is 2.15. The largest absolute Gasteiger partial charge is 0.354 e. The molecule has 1 aliphatic carbocycles. The predicted molar refractivity (Wildman–Crippen MR) is 68.2 cm³/mol. The molecule has 2 unspecified atom stereocenters. The van der Waals surface area contributed by atoms with Gasteiger partial charge in [-0.3, -0.25) is 4.79 Å². The maximum atomic E-state index is 11.7. The molecule has 0 aromatic heterocycles. The average Bonchev–Trinajstić information content (AvgIpc) is 2.67. The fraction of sp³-hybridized carbons (Fsp3) is 0.786. The maximum Gasteiger partial charge on any atom is 0.220 e. The van der Waals surface area contributed by atoms with E-state index < -0.39 is 0 Å². The molecule has 92 valence electrons. The average molecular weight is 223 g/mol. The Balaban J connectivity index is 2.15. The van der Waals surface area contributed by atoms with Crippen molar-refractivity contribution in [3.05, 3.63) is 12.2 Å². The van der Waals surface area contributed by atoms with Crippen LogP contribution in [-0.4, -0.2) is 11.9 Å². The Hall–Kier alpha value is -0.790. The Kier molecular flexibility index (Phi) is 5.58. The highest BCUT2D eigenvalue weighted by molar-refractivity contribution is 5.76. The van der Waals surface area contributed by atoms with Crippen LogP contribution in [0.5, 0.6) is 0 Å². The van der Waals surface area contributed by atoms with Crippen LogP contribution in [0.3, 0.4) is 0 Å². The molecule has 0 aromatic carbocycles. The number of nitrogens with one attached hydrogen (secondary N) is 1. The smallest absolute Gasteiger partial charge is 0.220 e. The zero-order valence-electron chi connectivity index (χ0n) is 10.8. The standard InChI is InChI=1S/C14H25NO/c1-11(2)8-9-12(3)15-14(16)10-13-6-4-5-7-13/h4,6,11-13H,5,7-10H2,1-3H3,(H,15,16). The van der Waals surface area contributed by atoms with Crippen LogP contribution >= 0.6 is 0 Å². The summed E-state index contributed by atoms with van der Waals surface area (Å²) in [5.74, 6) is 1.42. The van der Waals surface area contributed by atoms with Crippen LogP contribution in [0.4, 0.5) is 0 Å². The third-order valence-corrected chi connectivity index (χ3v) is 3.14. The molecule has 0 heterocycles. The van der Waals surface area contributed by atoms with Crippen molar-refractivity contribution in [1.29, 1.82) is 0 Å². The van der Waals surface area contributed by atoms with Gasteiger partial charge in [0.1, 0.15) is 0 Å². The molecule has 16 heavy (non-hydrogen) atoms. The first-order valence-corrected chi connectivity index (χ1v) is 6.54. The topological polar surface area (TPSA) is 29.1 Å². The lowest BCUT2D eigenvalue weighted by Gasteiger charge is -2.16. The minimum atomic E-state index is 0.216. The second-order valence-electron chi connectivity index (χ2n) is 5.41. The van der Waals surface area contributed by atoms with Gasteiger partial charge in [0.25, 0.3) is 0 Å². The minimum absolute atomic E-state index is 0.216. The first kappa shape index (κ1) is 13.3. The normalized spacial score (nSPS) is 21.4. The molecule has 1 rings (SSSR count). The maximum absolute atomic E-state index is 11.7. The Morgan fingerprint density at radius 2 is 2.12 bits per heavy atom. The van der Waals surface area contributed by atoms with Crippen molar-refractivity contribution in [2.75, 3.05) is 0 Å². The first-order valence-electron chi connectivity index (χ1n) is 6.54. The van der Waals surface area contributed by atoms with Crippen LogP contribution in [0.1, 0.15) is 52.9 Å². The minimum Gasteiger partial charge on any atom is -0.354 e. The zero-order chi connectivity index (χ0) is 12.0. The van der Waals surface area contributed by atoms with Crippen LogP contribution in [0, 0.1) is 11.8 Å². The van der Waals surface area contributed by atoms with Crippen molar-refractivity contribution >= 4 is 5.91 Å². The molecule has 2 nitrogen and oxygen atoms in total. The molecule has 0 bridgehead atoms. The van der Waals surface area contributed by atoms with E-state index in [4.69, 9.17) is 0 Å². The van der Waals surface area contributed by atoms with E-state index in [0.717, 1.165) is 25.2 Å². The fourth-order valence-corrected chi connectivity index (χ4v) is 2.09. The zero-order valence-corrected chi connectivity index (χ0v) is 10.8. The van der Waals surface area contributed by atoms with Crippen LogP contribution in [-0.2, 0) is 4.79 Å². The van der Waals surface area contributed by atoms with Crippen molar-refractivity contribution in [1.82, 2.24) is 5.32 Å². The van der Waals surface area contributed by atoms with E-state index in [2.05, 4.69) is 38.2 Å². The summed E-state index contributed by atoms with van der Waals surface area (Å²) in [5, 5.41) is 3.09. The summed E-state index contributed by atoms with van der Waals surface area (Å²) in [6, 6.07) is 0.320. The summed E-state index contributed by atoms with van der Waals surface area (Å²) in [4.78, 5) is 11.7. The molecule has 0 aromatic rings. The third-order valence-electron chi connectivity index (χ3n) is 3.14.